The maximum absolute atomic E-state index is 13.4. The molecule has 0 spiro atoms. The van der Waals surface area contributed by atoms with Crippen molar-refractivity contribution in [1.29, 1.82) is 0 Å². The number of anilines is 1. The minimum atomic E-state index is -4.09. The number of methoxy groups -OCH3 is 3. The summed E-state index contributed by atoms with van der Waals surface area (Å²) in [6, 6.07) is 0. The molecule has 4 rings (SSSR count). The molecule has 0 radical (unpaired) electrons. The highest BCUT2D eigenvalue weighted by Crippen LogP contribution is 2.37. The maximum atomic E-state index is 13.4. The van der Waals surface area contributed by atoms with Crippen LogP contribution in [-0.2, 0) is 21.2 Å². The Morgan fingerprint density at radius 2 is 1.71 bits per heavy atom. The lowest BCUT2D eigenvalue weighted by Crippen LogP contribution is -2.33. The third-order valence-electron chi connectivity index (χ3n) is 5.56. The number of nitrogens with zero attached hydrogens (tertiary/aromatic N) is 7. The SMILES string of the molecule is COc1ncnc(OC)c1-n1c(CC2CC2)nnc1NS(=O)(=O)[C@@H](C)[C@H](OC)c1ncc(Cl)cn1. The quantitative estimate of drug-likeness (QED) is 0.391. The summed E-state index contributed by atoms with van der Waals surface area (Å²) in [7, 11) is 0.175. The van der Waals surface area contributed by atoms with Crippen LogP contribution in [0.25, 0.3) is 5.69 Å². The van der Waals surface area contributed by atoms with Crippen molar-refractivity contribution in [2.45, 2.75) is 37.5 Å². The van der Waals surface area contributed by atoms with Crippen molar-refractivity contribution in [3.05, 3.63) is 35.4 Å². The van der Waals surface area contributed by atoms with Crippen LogP contribution in [0.5, 0.6) is 11.8 Å². The van der Waals surface area contributed by atoms with Crippen molar-refractivity contribution >= 4 is 27.6 Å². The number of rotatable bonds is 11. The van der Waals surface area contributed by atoms with Crippen molar-refractivity contribution in [1.82, 2.24) is 34.7 Å². The van der Waals surface area contributed by atoms with E-state index in [0.717, 1.165) is 12.8 Å². The van der Waals surface area contributed by atoms with Gasteiger partial charge < -0.3 is 14.2 Å². The number of hydrogen-bond donors (Lipinski definition) is 1. The van der Waals surface area contributed by atoms with Crippen molar-refractivity contribution in [3.63, 3.8) is 0 Å². The Morgan fingerprint density at radius 1 is 1.09 bits per heavy atom. The molecule has 1 saturated carbocycles. The van der Waals surface area contributed by atoms with E-state index in [4.69, 9.17) is 25.8 Å². The second-order valence-corrected chi connectivity index (χ2v) is 10.4. The predicted molar refractivity (Wildman–Crippen MR) is 125 cm³/mol. The zero-order valence-corrected chi connectivity index (χ0v) is 21.1. The number of sulfonamides is 1. The molecule has 1 aliphatic carbocycles. The smallest absolute Gasteiger partial charge is 0.245 e. The van der Waals surface area contributed by atoms with Gasteiger partial charge in [-0.2, -0.15) is 9.97 Å². The van der Waals surface area contributed by atoms with Crippen LogP contribution in [0.3, 0.4) is 0 Å². The molecule has 2 atom stereocenters. The molecule has 0 unspecified atom stereocenters. The van der Waals surface area contributed by atoms with Crippen LogP contribution >= 0.6 is 11.6 Å². The maximum Gasteiger partial charge on any atom is 0.245 e. The Bertz CT molecular complexity index is 1260. The van der Waals surface area contributed by atoms with Gasteiger partial charge in [-0.25, -0.2) is 18.4 Å². The van der Waals surface area contributed by atoms with Gasteiger partial charge in [0.2, 0.25) is 27.7 Å². The van der Waals surface area contributed by atoms with E-state index in [1.54, 1.807) is 0 Å². The lowest BCUT2D eigenvalue weighted by Gasteiger charge is -2.22. The average Bonchev–Trinajstić information content (AvgIpc) is 3.59. The van der Waals surface area contributed by atoms with E-state index in [0.29, 0.717) is 23.2 Å². The third-order valence-corrected chi connectivity index (χ3v) is 7.45. The molecule has 1 N–H and O–H groups in total. The van der Waals surface area contributed by atoms with E-state index < -0.39 is 21.4 Å². The molecule has 1 fully saturated rings. The summed E-state index contributed by atoms with van der Waals surface area (Å²) in [6.07, 6.45) is 5.76. The Kier molecular flexibility index (Phi) is 7.33. The summed E-state index contributed by atoms with van der Waals surface area (Å²) >= 11 is 5.86. The fourth-order valence-electron chi connectivity index (χ4n) is 3.53. The van der Waals surface area contributed by atoms with Crippen molar-refractivity contribution in [2.75, 3.05) is 26.1 Å². The standard InChI is InChI=1S/C20H25ClN8O5S/c1-11(16(32-2)17-22-8-13(21)9-23-17)35(30,31)28-20-27-26-14(7-12-5-6-12)29(20)15-18(33-3)24-10-25-19(15)34-4/h8-12,16H,5-7H2,1-4H3,(H,27,28)/t11-,16-/m0/s1. The summed E-state index contributed by atoms with van der Waals surface area (Å²) in [6.45, 7) is 1.48. The van der Waals surface area contributed by atoms with E-state index in [9.17, 15) is 8.42 Å². The fourth-order valence-corrected chi connectivity index (χ4v) is 4.76. The van der Waals surface area contributed by atoms with Crippen LogP contribution < -0.4 is 14.2 Å². The molecular formula is C20H25ClN8O5S. The highest BCUT2D eigenvalue weighted by atomic mass is 35.5. The van der Waals surface area contributed by atoms with Crippen molar-refractivity contribution < 1.29 is 22.6 Å². The van der Waals surface area contributed by atoms with E-state index in [1.165, 1.54) is 51.5 Å². The molecule has 0 saturated heterocycles. The van der Waals surface area contributed by atoms with Crippen LogP contribution in [0, 0.1) is 5.92 Å². The number of halogens is 1. The molecule has 3 aromatic heterocycles. The van der Waals surface area contributed by atoms with Gasteiger partial charge in [0.25, 0.3) is 0 Å². The molecule has 0 aliphatic heterocycles. The summed E-state index contributed by atoms with van der Waals surface area (Å²) in [4.78, 5) is 16.5. The molecule has 13 nitrogen and oxygen atoms in total. The van der Waals surface area contributed by atoms with Gasteiger partial charge in [-0.1, -0.05) is 11.6 Å². The molecule has 0 bridgehead atoms. The Hall–Kier alpha value is -3.10. The molecule has 0 amide bonds. The van der Waals surface area contributed by atoms with Gasteiger partial charge >= 0.3 is 0 Å². The zero-order chi connectivity index (χ0) is 25.2. The second kappa shape index (κ2) is 10.3. The first-order valence-electron chi connectivity index (χ1n) is 10.7. The van der Waals surface area contributed by atoms with Gasteiger partial charge in [-0.05, 0) is 25.7 Å². The topological polar surface area (TPSA) is 156 Å². The number of ether oxygens (including phenoxy) is 3. The van der Waals surface area contributed by atoms with Crippen molar-refractivity contribution in [2.24, 2.45) is 5.92 Å². The van der Waals surface area contributed by atoms with Crippen LogP contribution in [0.15, 0.2) is 18.7 Å². The molecule has 1 aliphatic rings. The van der Waals surface area contributed by atoms with Crippen LogP contribution in [0.2, 0.25) is 5.02 Å². The molecule has 35 heavy (non-hydrogen) atoms. The van der Waals surface area contributed by atoms with Gasteiger partial charge in [0.1, 0.15) is 23.5 Å². The fraction of sp³-hybridized carbons (Fsp3) is 0.500. The van der Waals surface area contributed by atoms with E-state index in [1.807, 2.05) is 0 Å². The predicted octanol–water partition coefficient (Wildman–Crippen LogP) is 1.99. The summed E-state index contributed by atoms with van der Waals surface area (Å²) in [5, 5.41) is 7.59. The highest BCUT2D eigenvalue weighted by molar-refractivity contribution is 7.93. The van der Waals surface area contributed by atoms with Crippen LogP contribution in [0.4, 0.5) is 5.95 Å². The van der Waals surface area contributed by atoms with E-state index in [2.05, 4.69) is 34.9 Å². The molecule has 3 aromatic rings. The molecule has 3 heterocycles. The Morgan fingerprint density at radius 3 is 2.26 bits per heavy atom. The van der Waals surface area contributed by atoms with Gasteiger partial charge in [-0.15, -0.1) is 10.2 Å². The minimum Gasteiger partial charge on any atom is -0.479 e. The van der Waals surface area contributed by atoms with E-state index >= 15 is 0 Å². The van der Waals surface area contributed by atoms with Gasteiger partial charge in [0, 0.05) is 25.9 Å². The number of nitrogens with one attached hydrogen (secondary N) is 1. The highest BCUT2D eigenvalue weighted by Gasteiger charge is 2.35. The third kappa shape index (κ3) is 5.28. The lowest BCUT2D eigenvalue weighted by atomic mass is 10.2. The minimum absolute atomic E-state index is 0.0641. The molecule has 0 aromatic carbocycles. The first kappa shape index (κ1) is 25.0. The first-order valence-corrected chi connectivity index (χ1v) is 12.6. The normalized spacial score (nSPS) is 15.5. The second-order valence-electron chi connectivity index (χ2n) is 7.93. The zero-order valence-electron chi connectivity index (χ0n) is 19.5. The Balaban J connectivity index is 1.74. The van der Waals surface area contributed by atoms with Crippen LogP contribution in [-0.4, -0.2) is 69.7 Å². The summed E-state index contributed by atoms with van der Waals surface area (Å²) < 4.78 is 47.2. The molecule has 188 valence electrons. The number of aromatic nitrogens is 7. The van der Waals surface area contributed by atoms with Gasteiger partial charge in [0.05, 0.1) is 19.2 Å². The number of hydrogen-bond acceptors (Lipinski definition) is 11. The average molecular weight is 525 g/mol. The summed E-state index contributed by atoms with van der Waals surface area (Å²) in [5.74, 6) is 1.41. The molecule has 15 heteroatoms. The monoisotopic (exact) mass is 524 g/mol. The lowest BCUT2D eigenvalue weighted by molar-refractivity contribution is 0.0950. The van der Waals surface area contributed by atoms with Crippen LogP contribution in [0.1, 0.15) is 37.5 Å². The molecular weight excluding hydrogens is 500 g/mol. The Labute approximate surface area is 207 Å². The van der Waals surface area contributed by atoms with Crippen molar-refractivity contribution in [3.8, 4) is 17.4 Å². The van der Waals surface area contributed by atoms with Gasteiger partial charge in [-0.3, -0.25) is 9.29 Å². The van der Waals surface area contributed by atoms with Gasteiger partial charge in [0.15, 0.2) is 11.5 Å². The van der Waals surface area contributed by atoms with E-state index in [-0.39, 0.29) is 29.2 Å². The first-order chi connectivity index (χ1) is 16.8. The summed E-state index contributed by atoms with van der Waals surface area (Å²) in [5.41, 5.74) is 0.285. The largest absolute Gasteiger partial charge is 0.479 e.